The average Bonchev–Trinajstić information content (AvgIpc) is 2.88. The van der Waals surface area contributed by atoms with Crippen LogP contribution in [0.3, 0.4) is 0 Å². The summed E-state index contributed by atoms with van der Waals surface area (Å²) in [4.78, 5) is 0. The van der Waals surface area contributed by atoms with Crippen molar-refractivity contribution in [2.24, 2.45) is 0 Å². The highest BCUT2D eigenvalue weighted by Crippen LogP contribution is 2.40. The van der Waals surface area contributed by atoms with Gasteiger partial charge in [-0.15, -0.1) is 0 Å². The van der Waals surface area contributed by atoms with Crippen molar-refractivity contribution in [3.8, 4) is 17.1 Å². The van der Waals surface area contributed by atoms with Crippen LogP contribution in [0.1, 0.15) is 5.56 Å². The minimum atomic E-state index is -4.52. The van der Waals surface area contributed by atoms with Crippen molar-refractivity contribution in [2.45, 2.75) is 6.18 Å². The van der Waals surface area contributed by atoms with Gasteiger partial charge in [0, 0.05) is 22.0 Å². The van der Waals surface area contributed by atoms with Gasteiger partial charge in [0.1, 0.15) is 17.1 Å². The third-order valence-electron chi connectivity index (χ3n) is 3.28. The summed E-state index contributed by atoms with van der Waals surface area (Å²) in [7, 11) is 1.51. The van der Waals surface area contributed by atoms with E-state index in [1.54, 1.807) is 24.3 Å². The van der Waals surface area contributed by atoms with Crippen molar-refractivity contribution < 1.29 is 22.3 Å². The molecule has 2 nitrogen and oxygen atoms in total. The van der Waals surface area contributed by atoms with Gasteiger partial charge in [0.15, 0.2) is 0 Å². The van der Waals surface area contributed by atoms with Gasteiger partial charge in [0.25, 0.3) is 0 Å². The second kappa shape index (κ2) is 5.25. The van der Waals surface area contributed by atoms with Crippen molar-refractivity contribution in [1.82, 2.24) is 0 Å². The normalized spacial score (nSPS) is 11.9. The molecule has 114 valence electrons. The molecule has 0 aliphatic rings. The van der Waals surface area contributed by atoms with Crippen molar-refractivity contribution in [3.05, 3.63) is 53.1 Å². The van der Waals surface area contributed by atoms with E-state index < -0.39 is 11.7 Å². The van der Waals surface area contributed by atoms with Crippen LogP contribution in [0.2, 0.25) is 5.02 Å². The van der Waals surface area contributed by atoms with Gasteiger partial charge in [-0.2, -0.15) is 13.2 Å². The lowest BCUT2D eigenvalue weighted by Gasteiger charge is -2.11. The van der Waals surface area contributed by atoms with E-state index >= 15 is 0 Å². The zero-order valence-electron chi connectivity index (χ0n) is 11.4. The van der Waals surface area contributed by atoms with E-state index in [0.717, 1.165) is 6.07 Å². The van der Waals surface area contributed by atoms with Crippen LogP contribution in [-0.4, -0.2) is 7.11 Å². The predicted molar refractivity (Wildman–Crippen MR) is 78.2 cm³/mol. The largest absolute Gasteiger partial charge is 0.497 e. The lowest BCUT2D eigenvalue weighted by Crippen LogP contribution is -2.06. The molecule has 0 radical (unpaired) electrons. The number of alkyl halides is 3. The first-order chi connectivity index (χ1) is 10.4. The summed E-state index contributed by atoms with van der Waals surface area (Å²) < 4.78 is 50.1. The smallest absolute Gasteiger partial charge is 0.417 e. The number of fused-ring (bicyclic) bond motifs is 1. The molecule has 22 heavy (non-hydrogen) atoms. The van der Waals surface area contributed by atoms with E-state index in [4.69, 9.17) is 20.8 Å². The van der Waals surface area contributed by atoms with Crippen LogP contribution in [-0.2, 0) is 6.18 Å². The van der Waals surface area contributed by atoms with Crippen LogP contribution in [0.25, 0.3) is 22.3 Å². The third kappa shape index (κ3) is 2.64. The first-order valence-electron chi connectivity index (χ1n) is 6.33. The molecule has 0 atom stereocenters. The van der Waals surface area contributed by atoms with Crippen molar-refractivity contribution in [3.63, 3.8) is 0 Å². The number of ether oxygens (including phenoxy) is 1. The van der Waals surface area contributed by atoms with Gasteiger partial charge in [-0.1, -0.05) is 11.6 Å². The Hall–Kier alpha value is -2.14. The molecule has 0 N–H and O–H groups in total. The molecule has 0 bridgehead atoms. The molecule has 1 aromatic heterocycles. The summed E-state index contributed by atoms with van der Waals surface area (Å²) in [6, 6.07) is 10.2. The Bertz CT molecular complexity index is 837. The molecule has 3 rings (SSSR count). The van der Waals surface area contributed by atoms with Crippen molar-refractivity contribution >= 4 is 22.6 Å². The van der Waals surface area contributed by atoms with Gasteiger partial charge in [0.2, 0.25) is 0 Å². The summed E-state index contributed by atoms with van der Waals surface area (Å²) in [5.41, 5.74) is -0.421. The van der Waals surface area contributed by atoms with E-state index in [-0.39, 0.29) is 16.3 Å². The lowest BCUT2D eigenvalue weighted by atomic mass is 10.0. The zero-order chi connectivity index (χ0) is 15.9. The monoisotopic (exact) mass is 326 g/mol. The minimum absolute atomic E-state index is 0.0221. The van der Waals surface area contributed by atoms with E-state index in [2.05, 4.69) is 0 Å². The highest BCUT2D eigenvalue weighted by atomic mass is 35.5. The number of hydrogen-bond donors (Lipinski definition) is 0. The maximum atomic E-state index is 13.2. The summed E-state index contributed by atoms with van der Waals surface area (Å²) in [6.45, 7) is 0. The summed E-state index contributed by atoms with van der Waals surface area (Å²) in [6.07, 6.45) is -4.52. The Morgan fingerprint density at radius 1 is 1.05 bits per heavy atom. The molecule has 1 heterocycles. The van der Waals surface area contributed by atoms with Gasteiger partial charge < -0.3 is 9.15 Å². The first kappa shape index (κ1) is 14.8. The molecule has 3 aromatic rings. The molecule has 0 spiro atoms. The highest BCUT2D eigenvalue weighted by molar-refractivity contribution is 6.30. The first-order valence-corrected chi connectivity index (χ1v) is 6.71. The number of rotatable bonds is 2. The Balaban J connectivity index is 2.19. The van der Waals surface area contributed by atoms with E-state index in [9.17, 15) is 13.2 Å². The summed E-state index contributed by atoms with van der Waals surface area (Å²) in [5, 5.41) is 0.715. The van der Waals surface area contributed by atoms with Crippen LogP contribution in [0, 0.1) is 0 Å². The number of methoxy groups -OCH3 is 1. The van der Waals surface area contributed by atoms with E-state index in [1.807, 2.05) is 0 Å². The minimum Gasteiger partial charge on any atom is -0.497 e. The fourth-order valence-corrected chi connectivity index (χ4v) is 2.41. The summed E-state index contributed by atoms with van der Waals surface area (Å²) >= 11 is 5.68. The molecule has 2 aromatic carbocycles. The third-order valence-corrected chi connectivity index (χ3v) is 3.51. The molecule has 0 amide bonds. The van der Waals surface area contributed by atoms with Gasteiger partial charge in [-0.05, 0) is 36.4 Å². The van der Waals surface area contributed by atoms with E-state index in [0.29, 0.717) is 16.7 Å². The maximum Gasteiger partial charge on any atom is 0.417 e. The number of hydrogen-bond acceptors (Lipinski definition) is 2. The molecular formula is C16H10ClF3O2. The van der Waals surface area contributed by atoms with Gasteiger partial charge in [-0.3, -0.25) is 0 Å². The molecule has 6 heteroatoms. The van der Waals surface area contributed by atoms with Crippen LogP contribution >= 0.6 is 11.6 Å². The summed E-state index contributed by atoms with van der Waals surface area (Å²) in [5.74, 6) is 0.702. The fourth-order valence-electron chi connectivity index (χ4n) is 2.24. The highest BCUT2D eigenvalue weighted by Gasteiger charge is 2.34. The molecule has 0 aliphatic heterocycles. The fraction of sp³-hybridized carbons (Fsp3) is 0.125. The topological polar surface area (TPSA) is 22.4 Å². The number of furan rings is 1. The van der Waals surface area contributed by atoms with Gasteiger partial charge in [-0.25, -0.2) is 0 Å². The molecule has 0 saturated heterocycles. The van der Waals surface area contributed by atoms with E-state index in [1.165, 1.54) is 19.2 Å². The molecule has 0 saturated carbocycles. The Morgan fingerprint density at radius 2 is 1.82 bits per heavy atom. The maximum absolute atomic E-state index is 13.2. The quantitative estimate of drug-likeness (QED) is 0.595. The van der Waals surface area contributed by atoms with Gasteiger partial charge >= 0.3 is 6.18 Å². The standard InChI is InChI=1S/C16H10ClF3O2/c1-21-11-4-2-9-6-15(22-14(9)8-11)12-5-3-10(17)7-13(12)16(18,19)20/h2-8H,1H3. The van der Waals surface area contributed by atoms with Crippen molar-refractivity contribution in [2.75, 3.05) is 7.11 Å². The number of benzene rings is 2. The van der Waals surface area contributed by atoms with Gasteiger partial charge in [0.05, 0.1) is 12.7 Å². The Kier molecular flexibility index (Phi) is 3.53. The van der Waals surface area contributed by atoms with Crippen LogP contribution in [0.5, 0.6) is 5.75 Å². The molecule has 0 unspecified atom stereocenters. The van der Waals surface area contributed by atoms with Crippen LogP contribution in [0.15, 0.2) is 46.9 Å². The van der Waals surface area contributed by atoms with Crippen LogP contribution < -0.4 is 4.74 Å². The molecule has 0 fully saturated rings. The number of halogens is 4. The molecular weight excluding hydrogens is 317 g/mol. The second-order valence-corrected chi connectivity index (χ2v) is 5.14. The second-order valence-electron chi connectivity index (χ2n) is 4.70. The Labute approximate surface area is 129 Å². The van der Waals surface area contributed by atoms with Crippen molar-refractivity contribution in [1.29, 1.82) is 0 Å². The SMILES string of the molecule is COc1ccc2cc(-c3ccc(Cl)cc3C(F)(F)F)oc2c1. The van der Waals surface area contributed by atoms with Crippen LogP contribution in [0.4, 0.5) is 13.2 Å². The Morgan fingerprint density at radius 3 is 2.50 bits per heavy atom. The lowest BCUT2D eigenvalue weighted by molar-refractivity contribution is -0.137. The molecule has 0 aliphatic carbocycles. The zero-order valence-corrected chi connectivity index (χ0v) is 12.1. The predicted octanol–water partition coefficient (Wildman–Crippen LogP) is 5.78. The average molecular weight is 327 g/mol.